The molecule has 1 saturated heterocycles. The number of amides is 1. The number of aliphatic imine (C=N–C) groups is 1. The molecule has 1 aromatic heterocycles. The predicted octanol–water partition coefficient (Wildman–Crippen LogP) is 3.30. The van der Waals surface area contributed by atoms with E-state index in [1.165, 1.54) is 4.88 Å². The van der Waals surface area contributed by atoms with Gasteiger partial charge in [0.1, 0.15) is 5.70 Å². The van der Waals surface area contributed by atoms with Crippen molar-refractivity contribution in [1.82, 2.24) is 0 Å². The van der Waals surface area contributed by atoms with Gasteiger partial charge in [-0.1, -0.05) is 6.07 Å². The van der Waals surface area contributed by atoms with Gasteiger partial charge >= 0.3 is 5.97 Å². The van der Waals surface area contributed by atoms with Crippen LogP contribution in [0, 0.1) is 0 Å². The molecule has 1 amide bonds. The van der Waals surface area contributed by atoms with E-state index in [1.54, 1.807) is 22.3 Å². The van der Waals surface area contributed by atoms with E-state index >= 15 is 0 Å². The molecule has 0 N–H and O–H groups in total. The first-order valence-electron chi connectivity index (χ1n) is 8.15. The third-order valence-corrected chi connectivity index (χ3v) is 5.10. The molecule has 1 aromatic carbocycles. The summed E-state index contributed by atoms with van der Waals surface area (Å²) in [6.07, 6.45) is 3.95. The molecular formula is C19H16N2O3S. The molecule has 4 rings (SSSR count). The van der Waals surface area contributed by atoms with Gasteiger partial charge in [0, 0.05) is 35.5 Å². The number of esters is 1. The highest BCUT2D eigenvalue weighted by Gasteiger charge is 2.25. The molecule has 25 heavy (non-hydrogen) atoms. The maximum Gasteiger partial charge on any atom is 0.363 e. The first kappa shape index (κ1) is 15.8. The molecular weight excluding hydrogens is 336 g/mol. The number of carbonyl (C=O) groups is 2. The molecule has 2 aromatic rings. The van der Waals surface area contributed by atoms with E-state index in [0.29, 0.717) is 24.4 Å². The van der Waals surface area contributed by atoms with Crippen LogP contribution in [-0.2, 0) is 20.7 Å². The lowest BCUT2D eigenvalue weighted by atomic mass is 10.2. The van der Waals surface area contributed by atoms with Crippen LogP contribution in [0.5, 0.6) is 0 Å². The molecule has 3 heterocycles. The van der Waals surface area contributed by atoms with E-state index in [9.17, 15) is 9.59 Å². The minimum atomic E-state index is -0.426. The Bertz CT molecular complexity index is 867. The number of thiophene rings is 1. The van der Waals surface area contributed by atoms with Crippen LogP contribution in [0.3, 0.4) is 0 Å². The Morgan fingerprint density at radius 1 is 1.20 bits per heavy atom. The maximum atomic E-state index is 12.0. The largest absolute Gasteiger partial charge is 0.402 e. The highest BCUT2D eigenvalue weighted by Crippen LogP contribution is 2.24. The zero-order chi connectivity index (χ0) is 17.2. The predicted molar refractivity (Wildman–Crippen MR) is 96.8 cm³/mol. The van der Waals surface area contributed by atoms with E-state index in [1.807, 2.05) is 41.8 Å². The second-order valence-corrected chi connectivity index (χ2v) is 6.91. The molecule has 2 aliphatic heterocycles. The van der Waals surface area contributed by atoms with Crippen LogP contribution in [0.1, 0.15) is 23.3 Å². The van der Waals surface area contributed by atoms with Gasteiger partial charge in [0.25, 0.3) is 0 Å². The topological polar surface area (TPSA) is 59.0 Å². The van der Waals surface area contributed by atoms with Crippen LogP contribution >= 0.6 is 11.3 Å². The van der Waals surface area contributed by atoms with Gasteiger partial charge in [0.05, 0.1) is 0 Å². The average Bonchev–Trinajstić information content (AvgIpc) is 3.35. The summed E-state index contributed by atoms with van der Waals surface area (Å²) in [7, 11) is 0. The molecule has 0 unspecified atom stereocenters. The van der Waals surface area contributed by atoms with Crippen molar-refractivity contribution in [3.63, 3.8) is 0 Å². The molecule has 0 radical (unpaired) electrons. The first-order chi connectivity index (χ1) is 12.2. The fraction of sp³-hybridized carbons (Fsp3) is 0.211. The summed E-state index contributed by atoms with van der Waals surface area (Å²) in [4.78, 5) is 31.0. The molecule has 126 valence electrons. The first-order valence-corrected chi connectivity index (χ1v) is 9.03. The number of benzene rings is 1. The minimum absolute atomic E-state index is 0.149. The third kappa shape index (κ3) is 3.25. The third-order valence-electron chi connectivity index (χ3n) is 4.20. The number of ether oxygens (including phenoxy) is 1. The second-order valence-electron chi connectivity index (χ2n) is 5.88. The summed E-state index contributed by atoms with van der Waals surface area (Å²) >= 11 is 1.64. The van der Waals surface area contributed by atoms with E-state index in [4.69, 9.17) is 4.74 Å². The van der Waals surface area contributed by atoms with Crippen molar-refractivity contribution in [2.75, 3.05) is 11.4 Å². The van der Waals surface area contributed by atoms with Crippen molar-refractivity contribution in [3.8, 4) is 0 Å². The van der Waals surface area contributed by atoms with Gasteiger partial charge in [-0.15, -0.1) is 11.3 Å². The van der Waals surface area contributed by atoms with Crippen LogP contribution in [0.25, 0.3) is 0 Å². The zero-order valence-electron chi connectivity index (χ0n) is 13.5. The summed E-state index contributed by atoms with van der Waals surface area (Å²) < 4.78 is 5.28. The van der Waals surface area contributed by atoms with Crippen molar-refractivity contribution in [2.24, 2.45) is 4.99 Å². The number of rotatable bonds is 4. The van der Waals surface area contributed by atoms with Crippen molar-refractivity contribution in [3.05, 3.63) is 64.0 Å². The molecule has 2 aliphatic rings. The SMILES string of the molecule is O=C1OC(c2ccc(N3CCCC3=O)cc2)=N/C1=C/Cc1cccs1. The Balaban J connectivity index is 1.51. The lowest BCUT2D eigenvalue weighted by Gasteiger charge is -2.15. The fourth-order valence-corrected chi connectivity index (χ4v) is 3.57. The molecule has 0 bridgehead atoms. The summed E-state index contributed by atoms with van der Waals surface area (Å²) in [5.41, 5.74) is 1.93. The maximum absolute atomic E-state index is 12.0. The number of nitrogens with zero attached hydrogens (tertiary/aromatic N) is 2. The Hall–Kier alpha value is -2.73. The van der Waals surface area contributed by atoms with Gasteiger partial charge in [-0.3, -0.25) is 4.79 Å². The lowest BCUT2D eigenvalue weighted by Crippen LogP contribution is -2.23. The number of anilines is 1. The Kier molecular flexibility index (Phi) is 4.19. The summed E-state index contributed by atoms with van der Waals surface area (Å²) in [5, 5.41) is 2.00. The summed E-state index contributed by atoms with van der Waals surface area (Å²) in [6.45, 7) is 0.754. The summed E-state index contributed by atoms with van der Waals surface area (Å²) in [6, 6.07) is 11.4. The van der Waals surface area contributed by atoms with Crippen LogP contribution in [0.15, 0.2) is 58.5 Å². The van der Waals surface area contributed by atoms with E-state index in [-0.39, 0.29) is 5.91 Å². The standard InChI is InChI=1S/C19H16N2O3S/c22-17-4-1-11-21(17)14-7-5-13(6-8-14)18-20-16(19(23)24-18)10-9-15-3-2-12-25-15/h2-3,5-8,10,12H,1,4,9,11H2/b16-10+. The van der Waals surface area contributed by atoms with Crippen molar-refractivity contribution in [1.29, 1.82) is 0 Å². The molecule has 1 fully saturated rings. The molecule has 6 heteroatoms. The Morgan fingerprint density at radius 3 is 2.72 bits per heavy atom. The second kappa shape index (κ2) is 6.64. The molecule has 0 saturated carbocycles. The normalized spacial score (nSPS) is 18.8. The fourth-order valence-electron chi connectivity index (χ4n) is 2.90. The number of hydrogen-bond donors (Lipinski definition) is 0. The van der Waals surface area contributed by atoms with Crippen LogP contribution in [-0.4, -0.2) is 24.3 Å². The van der Waals surface area contributed by atoms with Crippen molar-refractivity contribution in [2.45, 2.75) is 19.3 Å². The van der Waals surface area contributed by atoms with Gasteiger partial charge < -0.3 is 9.64 Å². The van der Waals surface area contributed by atoms with Crippen LogP contribution < -0.4 is 4.90 Å². The molecule has 0 aliphatic carbocycles. The van der Waals surface area contributed by atoms with E-state index < -0.39 is 5.97 Å². The van der Waals surface area contributed by atoms with E-state index in [0.717, 1.165) is 24.2 Å². The Labute approximate surface area is 149 Å². The molecule has 0 atom stereocenters. The van der Waals surface area contributed by atoms with Crippen LogP contribution in [0.2, 0.25) is 0 Å². The minimum Gasteiger partial charge on any atom is -0.402 e. The van der Waals surface area contributed by atoms with Gasteiger partial charge in [-0.05, 0) is 48.2 Å². The van der Waals surface area contributed by atoms with Crippen LogP contribution in [0.4, 0.5) is 5.69 Å². The highest BCUT2D eigenvalue weighted by atomic mass is 32.1. The van der Waals surface area contributed by atoms with E-state index in [2.05, 4.69) is 4.99 Å². The molecule has 0 spiro atoms. The Morgan fingerprint density at radius 2 is 2.04 bits per heavy atom. The van der Waals surface area contributed by atoms with Crippen molar-refractivity contribution >= 4 is 34.8 Å². The number of cyclic esters (lactones) is 1. The lowest BCUT2D eigenvalue weighted by molar-refractivity contribution is -0.130. The zero-order valence-corrected chi connectivity index (χ0v) is 14.3. The van der Waals surface area contributed by atoms with Gasteiger partial charge in [-0.25, -0.2) is 9.79 Å². The van der Waals surface area contributed by atoms with Gasteiger partial charge in [0.2, 0.25) is 11.8 Å². The van der Waals surface area contributed by atoms with Gasteiger partial charge in [0.15, 0.2) is 0 Å². The molecule has 5 nitrogen and oxygen atoms in total. The number of allylic oxidation sites excluding steroid dienone is 1. The number of hydrogen-bond acceptors (Lipinski definition) is 5. The number of carbonyl (C=O) groups excluding carboxylic acids is 2. The quantitative estimate of drug-likeness (QED) is 0.627. The highest BCUT2D eigenvalue weighted by molar-refractivity contribution is 7.09. The smallest absolute Gasteiger partial charge is 0.363 e. The van der Waals surface area contributed by atoms with Gasteiger partial charge in [-0.2, -0.15) is 0 Å². The average molecular weight is 352 g/mol. The summed E-state index contributed by atoms with van der Waals surface area (Å²) in [5.74, 6) is 0.0308. The monoisotopic (exact) mass is 352 g/mol. The van der Waals surface area contributed by atoms with Crippen molar-refractivity contribution < 1.29 is 14.3 Å².